The molecule has 0 aliphatic heterocycles. The Labute approximate surface area is 119 Å². The van der Waals surface area contributed by atoms with Gasteiger partial charge in [0.1, 0.15) is 11.5 Å². The molecule has 0 saturated heterocycles. The summed E-state index contributed by atoms with van der Waals surface area (Å²) in [5.41, 5.74) is 1.53. The Morgan fingerprint density at radius 3 is 3.00 bits per heavy atom. The number of nitrogens with one attached hydrogen (secondary N) is 1. The van der Waals surface area contributed by atoms with E-state index in [0.717, 1.165) is 11.5 Å². The average molecular weight is 324 g/mol. The van der Waals surface area contributed by atoms with Crippen molar-refractivity contribution in [1.82, 2.24) is 15.1 Å². The van der Waals surface area contributed by atoms with E-state index in [1.165, 1.54) is 12.8 Å². The van der Waals surface area contributed by atoms with Crippen molar-refractivity contribution >= 4 is 21.8 Å². The lowest BCUT2D eigenvalue weighted by Gasteiger charge is -2.13. The molecule has 1 fully saturated rings. The van der Waals surface area contributed by atoms with E-state index in [2.05, 4.69) is 26.1 Å². The Morgan fingerprint density at radius 2 is 2.37 bits per heavy atom. The van der Waals surface area contributed by atoms with Crippen molar-refractivity contribution in [2.45, 2.75) is 25.3 Å². The fourth-order valence-corrected chi connectivity index (χ4v) is 2.33. The number of hydrogen-bond acceptors (Lipinski definition) is 3. The Morgan fingerprint density at radius 1 is 1.58 bits per heavy atom. The van der Waals surface area contributed by atoms with Gasteiger partial charge in [0.2, 0.25) is 0 Å². The van der Waals surface area contributed by atoms with Crippen molar-refractivity contribution < 1.29 is 9.21 Å². The van der Waals surface area contributed by atoms with Gasteiger partial charge in [-0.1, -0.05) is 0 Å². The molecular formula is C13H14BrN3O2. The maximum absolute atomic E-state index is 12.2. The predicted octanol–water partition coefficient (Wildman–Crippen LogP) is 2.91. The molecule has 1 aliphatic carbocycles. The number of nitrogens with zero attached hydrogens (tertiary/aromatic N) is 2. The zero-order valence-corrected chi connectivity index (χ0v) is 12.1. The van der Waals surface area contributed by atoms with Crippen LogP contribution in [0, 0.1) is 0 Å². The van der Waals surface area contributed by atoms with Gasteiger partial charge in [0.05, 0.1) is 6.54 Å². The SMILES string of the molecule is CN(Cc1ccc(Br)o1)C(=O)c1cc(C2CC2)[nH]n1. The standard InChI is InChI=1S/C13H14BrN3O2/c1-17(7-9-4-5-12(14)19-9)13(18)11-6-10(15-16-11)8-2-3-8/h4-6,8H,2-3,7H2,1H3,(H,15,16). The van der Waals surface area contributed by atoms with E-state index in [0.29, 0.717) is 22.8 Å². The topological polar surface area (TPSA) is 62.1 Å². The molecule has 0 unspecified atom stereocenters. The number of halogens is 1. The third kappa shape index (κ3) is 2.73. The van der Waals surface area contributed by atoms with E-state index < -0.39 is 0 Å². The molecule has 19 heavy (non-hydrogen) atoms. The van der Waals surface area contributed by atoms with Gasteiger partial charge in [-0.15, -0.1) is 0 Å². The van der Waals surface area contributed by atoms with E-state index in [-0.39, 0.29) is 5.91 Å². The van der Waals surface area contributed by atoms with Crippen LogP contribution in [-0.2, 0) is 6.54 Å². The minimum atomic E-state index is -0.101. The number of furan rings is 1. The molecule has 0 atom stereocenters. The van der Waals surface area contributed by atoms with Gasteiger partial charge in [0.15, 0.2) is 4.67 Å². The number of rotatable bonds is 4. The first kappa shape index (κ1) is 12.5. The number of carbonyl (C=O) groups is 1. The third-order valence-corrected chi connectivity index (χ3v) is 3.63. The highest BCUT2D eigenvalue weighted by molar-refractivity contribution is 9.10. The molecule has 1 N–H and O–H groups in total. The minimum Gasteiger partial charge on any atom is -0.452 e. The summed E-state index contributed by atoms with van der Waals surface area (Å²) < 4.78 is 6.05. The molecule has 0 aromatic carbocycles. The lowest BCUT2D eigenvalue weighted by Crippen LogP contribution is -2.26. The molecule has 1 aliphatic rings. The minimum absolute atomic E-state index is 0.101. The van der Waals surface area contributed by atoms with Crippen LogP contribution in [0.3, 0.4) is 0 Å². The van der Waals surface area contributed by atoms with E-state index in [1.54, 1.807) is 11.9 Å². The van der Waals surface area contributed by atoms with E-state index >= 15 is 0 Å². The second-order valence-corrected chi connectivity index (χ2v) is 5.63. The Hall–Kier alpha value is -1.56. The summed E-state index contributed by atoms with van der Waals surface area (Å²) in [6, 6.07) is 5.51. The van der Waals surface area contributed by atoms with Gasteiger partial charge in [-0.2, -0.15) is 5.10 Å². The summed E-state index contributed by atoms with van der Waals surface area (Å²) in [6.45, 7) is 0.427. The molecule has 2 aromatic rings. The van der Waals surface area contributed by atoms with Gasteiger partial charge in [0, 0.05) is 18.7 Å². The third-order valence-electron chi connectivity index (χ3n) is 3.20. The Balaban J connectivity index is 1.67. The van der Waals surface area contributed by atoms with Crippen molar-refractivity contribution in [1.29, 1.82) is 0 Å². The highest BCUT2D eigenvalue weighted by Crippen LogP contribution is 2.39. The molecule has 2 heterocycles. The van der Waals surface area contributed by atoms with Gasteiger partial charge in [-0.25, -0.2) is 0 Å². The zero-order chi connectivity index (χ0) is 13.4. The van der Waals surface area contributed by atoms with Crippen LogP contribution in [0.5, 0.6) is 0 Å². The molecule has 0 bridgehead atoms. The fraction of sp³-hybridized carbons (Fsp3) is 0.385. The Bertz CT molecular complexity index is 601. The first-order valence-corrected chi connectivity index (χ1v) is 6.98. The second-order valence-electron chi connectivity index (χ2n) is 4.85. The molecule has 0 radical (unpaired) electrons. The molecular weight excluding hydrogens is 310 g/mol. The molecule has 5 nitrogen and oxygen atoms in total. The van der Waals surface area contributed by atoms with Crippen LogP contribution >= 0.6 is 15.9 Å². The van der Waals surface area contributed by atoms with Gasteiger partial charge >= 0.3 is 0 Å². The van der Waals surface area contributed by atoms with Crippen LogP contribution in [0.4, 0.5) is 0 Å². The summed E-state index contributed by atoms with van der Waals surface area (Å²) >= 11 is 3.24. The van der Waals surface area contributed by atoms with E-state index in [4.69, 9.17) is 4.42 Å². The predicted molar refractivity (Wildman–Crippen MR) is 72.8 cm³/mol. The van der Waals surface area contributed by atoms with Gasteiger partial charge in [-0.3, -0.25) is 9.89 Å². The molecule has 1 amide bonds. The van der Waals surface area contributed by atoms with Crippen molar-refractivity contribution in [3.63, 3.8) is 0 Å². The average Bonchev–Trinajstić information content (AvgIpc) is 2.98. The highest BCUT2D eigenvalue weighted by Gasteiger charge is 2.27. The number of aromatic amines is 1. The van der Waals surface area contributed by atoms with Crippen molar-refractivity contribution in [3.8, 4) is 0 Å². The maximum Gasteiger partial charge on any atom is 0.274 e. The number of carbonyl (C=O) groups excluding carboxylic acids is 1. The first-order valence-electron chi connectivity index (χ1n) is 6.18. The number of H-pyrrole nitrogens is 1. The van der Waals surface area contributed by atoms with Gasteiger partial charge in [0.25, 0.3) is 5.91 Å². The van der Waals surface area contributed by atoms with Crippen LogP contribution in [0.25, 0.3) is 0 Å². The summed E-state index contributed by atoms with van der Waals surface area (Å²) in [5.74, 6) is 1.21. The summed E-state index contributed by atoms with van der Waals surface area (Å²) in [5, 5.41) is 7.03. The Kier molecular flexibility index (Phi) is 3.18. The van der Waals surface area contributed by atoms with Crippen molar-refractivity contribution in [2.24, 2.45) is 0 Å². The molecule has 100 valence electrons. The fourth-order valence-electron chi connectivity index (χ4n) is 1.99. The van der Waals surface area contributed by atoms with E-state index in [9.17, 15) is 4.79 Å². The molecule has 2 aromatic heterocycles. The highest BCUT2D eigenvalue weighted by atomic mass is 79.9. The van der Waals surface area contributed by atoms with Crippen LogP contribution in [-0.4, -0.2) is 28.1 Å². The van der Waals surface area contributed by atoms with Crippen LogP contribution in [0.1, 0.15) is 40.7 Å². The van der Waals surface area contributed by atoms with Crippen LogP contribution in [0.2, 0.25) is 0 Å². The first-order chi connectivity index (χ1) is 9.13. The number of aromatic nitrogens is 2. The van der Waals surface area contributed by atoms with Gasteiger partial charge in [-0.05, 0) is 47.0 Å². The van der Waals surface area contributed by atoms with Crippen molar-refractivity contribution in [2.75, 3.05) is 7.05 Å². The maximum atomic E-state index is 12.2. The quantitative estimate of drug-likeness (QED) is 0.940. The summed E-state index contributed by atoms with van der Waals surface area (Å²) in [7, 11) is 1.74. The van der Waals surface area contributed by atoms with Crippen molar-refractivity contribution in [3.05, 3.63) is 40.0 Å². The summed E-state index contributed by atoms with van der Waals surface area (Å²) in [4.78, 5) is 13.8. The second kappa shape index (κ2) is 4.85. The van der Waals surface area contributed by atoms with Gasteiger partial charge < -0.3 is 9.32 Å². The molecule has 0 spiro atoms. The van der Waals surface area contributed by atoms with E-state index in [1.807, 2.05) is 18.2 Å². The molecule has 3 rings (SSSR count). The normalized spacial score (nSPS) is 14.6. The lowest BCUT2D eigenvalue weighted by atomic mass is 10.2. The van der Waals surface area contributed by atoms with Crippen LogP contribution in [0.15, 0.2) is 27.3 Å². The molecule has 6 heteroatoms. The zero-order valence-electron chi connectivity index (χ0n) is 10.5. The summed E-state index contributed by atoms with van der Waals surface area (Å²) in [6.07, 6.45) is 2.37. The number of amides is 1. The van der Waals surface area contributed by atoms with Crippen LogP contribution < -0.4 is 0 Å². The number of hydrogen-bond donors (Lipinski definition) is 1. The lowest BCUT2D eigenvalue weighted by molar-refractivity contribution is 0.0769. The molecule has 1 saturated carbocycles. The largest absolute Gasteiger partial charge is 0.452 e. The monoisotopic (exact) mass is 323 g/mol. The smallest absolute Gasteiger partial charge is 0.274 e.